The molecule has 0 bridgehead atoms. The molecule has 0 aliphatic rings. The summed E-state index contributed by atoms with van der Waals surface area (Å²) in [7, 11) is 1.94. The van der Waals surface area contributed by atoms with Gasteiger partial charge in [-0.05, 0) is 13.0 Å². The molecule has 0 spiro atoms. The van der Waals surface area contributed by atoms with Crippen molar-refractivity contribution in [1.29, 1.82) is 0 Å². The number of hydrogen-bond acceptors (Lipinski definition) is 2. The molecule has 3 aromatic rings. The maximum Gasteiger partial charge on any atom is 0.200 e. The molecule has 0 radical (unpaired) electrons. The van der Waals surface area contributed by atoms with Crippen LogP contribution in [0.4, 0.5) is 5.95 Å². The van der Waals surface area contributed by atoms with Gasteiger partial charge >= 0.3 is 0 Å². The lowest BCUT2D eigenvalue weighted by molar-refractivity contribution is 0.938. The molecule has 4 nitrogen and oxygen atoms in total. The fourth-order valence-corrected chi connectivity index (χ4v) is 2.30. The predicted molar refractivity (Wildman–Crippen MR) is 69.7 cm³/mol. The summed E-state index contributed by atoms with van der Waals surface area (Å²) in [4.78, 5) is 7.57. The van der Waals surface area contributed by atoms with Crippen LogP contribution in [-0.2, 0) is 7.05 Å². The van der Waals surface area contributed by atoms with Gasteiger partial charge in [0.2, 0.25) is 5.95 Å². The molecule has 2 aromatic heterocycles. The van der Waals surface area contributed by atoms with Crippen molar-refractivity contribution < 1.29 is 0 Å². The summed E-state index contributed by atoms with van der Waals surface area (Å²) in [6, 6.07) is 8.22. The van der Waals surface area contributed by atoms with Crippen LogP contribution in [-0.4, -0.2) is 14.5 Å². The normalized spacial score (nSPS) is 11.2. The van der Waals surface area contributed by atoms with Crippen molar-refractivity contribution in [2.75, 3.05) is 5.73 Å². The van der Waals surface area contributed by atoms with E-state index < -0.39 is 0 Å². The van der Waals surface area contributed by atoms with Crippen LogP contribution in [0.2, 0.25) is 0 Å². The number of nitrogens with zero attached hydrogens (tertiary/aromatic N) is 2. The van der Waals surface area contributed by atoms with Gasteiger partial charge in [0.25, 0.3) is 0 Å². The van der Waals surface area contributed by atoms with Crippen molar-refractivity contribution in [2.45, 2.75) is 6.92 Å². The van der Waals surface area contributed by atoms with Gasteiger partial charge in [-0.25, -0.2) is 4.98 Å². The van der Waals surface area contributed by atoms with Crippen LogP contribution in [0.1, 0.15) is 5.69 Å². The summed E-state index contributed by atoms with van der Waals surface area (Å²) in [5.41, 5.74) is 10.1. The van der Waals surface area contributed by atoms with Gasteiger partial charge in [-0.1, -0.05) is 18.2 Å². The van der Waals surface area contributed by atoms with Gasteiger partial charge in [-0.15, -0.1) is 0 Å². The Kier molecular flexibility index (Phi) is 1.98. The van der Waals surface area contributed by atoms with Gasteiger partial charge in [0.15, 0.2) is 0 Å². The van der Waals surface area contributed by atoms with Crippen molar-refractivity contribution in [3.05, 3.63) is 36.2 Å². The molecule has 3 rings (SSSR count). The van der Waals surface area contributed by atoms with Crippen molar-refractivity contribution in [1.82, 2.24) is 14.5 Å². The Morgan fingerprint density at radius 3 is 2.76 bits per heavy atom. The first-order valence-electron chi connectivity index (χ1n) is 5.54. The summed E-state index contributed by atoms with van der Waals surface area (Å²) in [5.74, 6) is 0.544. The maximum absolute atomic E-state index is 5.83. The number of anilines is 1. The maximum atomic E-state index is 5.83. The minimum absolute atomic E-state index is 0.544. The first kappa shape index (κ1) is 9.96. The van der Waals surface area contributed by atoms with E-state index in [1.54, 1.807) is 0 Å². The molecule has 0 atom stereocenters. The molecule has 2 heterocycles. The van der Waals surface area contributed by atoms with E-state index in [1.165, 1.54) is 5.39 Å². The number of benzene rings is 1. The Morgan fingerprint density at radius 1 is 1.29 bits per heavy atom. The number of hydrogen-bond donors (Lipinski definition) is 2. The standard InChI is InChI=1S/C13H14N4/c1-8-12(17(2)13(14)16-8)10-7-15-11-6-4-3-5-9(10)11/h3-7,15H,1-2H3,(H2,14,16). The molecule has 0 saturated heterocycles. The third-order valence-corrected chi connectivity index (χ3v) is 3.15. The molecular formula is C13H14N4. The topological polar surface area (TPSA) is 59.6 Å². The molecule has 1 aromatic carbocycles. The molecule has 0 amide bonds. The zero-order valence-electron chi connectivity index (χ0n) is 9.86. The lowest BCUT2D eigenvalue weighted by Crippen LogP contribution is -1.98. The highest BCUT2D eigenvalue weighted by atomic mass is 15.1. The third-order valence-electron chi connectivity index (χ3n) is 3.15. The Hall–Kier alpha value is -2.23. The van der Waals surface area contributed by atoms with Crippen LogP contribution in [0.5, 0.6) is 0 Å². The quantitative estimate of drug-likeness (QED) is 0.669. The van der Waals surface area contributed by atoms with Gasteiger partial charge in [-0.2, -0.15) is 0 Å². The molecule has 0 fully saturated rings. The van der Waals surface area contributed by atoms with Crippen molar-refractivity contribution in [2.24, 2.45) is 7.05 Å². The van der Waals surface area contributed by atoms with E-state index in [0.717, 1.165) is 22.5 Å². The molecule has 0 aliphatic carbocycles. The Balaban J connectivity index is 2.35. The van der Waals surface area contributed by atoms with E-state index in [4.69, 9.17) is 5.73 Å². The summed E-state index contributed by atoms with van der Waals surface area (Å²) in [5, 5.41) is 1.19. The number of imidazole rings is 1. The number of para-hydroxylation sites is 1. The molecule has 0 unspecified atom stereocenters. The average Bonchev–Trinajstić information content (AvgIpc) is 2.82. The first-order valence-corrected chi connectivity index (χ1v) is 5.54. The third kappa shape index (κ3) is 1.34. The van der Waals surface area contributed by atoms with Crippen LogP contribution >= 0.6 is 0 Å². The number of aryl methyl sites for hydroxylation is 1. The highest BCUT2D eigenvalue weighted by Gasteiger charge is 2.14. The minimum Gasteiger partial charge on any atom is -0.369 e. The zero-order chi connectivity index (χ0) is 12.0. The summed E-state index contributed by atoms with van der Waals surface area (Å²) in [6.07, 6.45) is 2.01. The van der Waals surface area contributed by atoms with Crippen molar-refractivity contribution >= 4 is 16.9 Å². The highest BCUT2D eigenvalue weighted by Crippen LogP contribution is 2.31. The number of aromatic amines is 1. The molecular weight excluding hydrogens is 212 g/mol. The molecule has 0 aliphatic heterocycles. The van der Waals surface area contributed by atoms with Crippen LogP contribution in [0.15, 0.2) is 30.5 Å². The summed E-state index contributed by atoms with van der Waals surface area (Å²) in [6.45, 7) is 1.98. The number of H-pyrrole nitrogens is 1. The predicted octanol–water partition coefficient (Wildman–Crippen LogP) is 2.46. The molecule has 17 heavy (non-hydrogen) atoms. The number of nitrogen functional groups attached to an aromatic ring is 1. The second-order valence-electron chi connectivity index (χ2n) is 4.21. The Bertz CT molecular complexity index is 691. The lowest BCUT2D eigenvalue weighted by Gasteiger charge is -2.03. The van der Waals surface area contributed by atoms with Gasteiger partial charge in [0, 0.05) is 29.7 Å². The summed E-state index contributed by atoms with van der Waals surface area (Å²) >= 11 is 0. The fraction of sp³-hybridized carbons (Fsp3) is 0.154. The van der Waals surface area contributed by atoms with Crippen LogP contribution in [0, 0.1) is 6.92 Å². The monoisotopic (exact) mass is 226 g/mol. The van der Waals surface area contributed by atoms with Crippen molar-refractivity contribution in [3.63, 3.8) is 0 Å². The number of nitrogens with one attached hydrogen (secondary N) is 1. The molecule has 0 saturated carbocycles. The second kappa shape index (κ2) is 3.38. The van der Waals surface area contributed by atoms with Gasteiger partial charge in [-0.3, -0.25) is 0 Å². The zero-order valence-corrected chi connectivity index (χ0v) is 9.86. The molecule has 4 heteroatoms. The number of rotatable bonds is 1. The first-order chi connectivity index (χ1) is 8.18. The van der Waals surface area contributed by atoms with E-state index in [-0.39, 0.29) is 0 Å². The SMILES string of the molecule is Cc1nc(N)n(C)c1-c1c[nH]c2ccccc12. The van der Waals surface area contributed by atoms with E-state index in [0.29, 0.717) is 5.95 Å². The van der Waals surface area contributed by atoms with Crippen LogP contribution < -0.4 is 5.73 Å². The number of fused-ring (bicyclic) bond motifs is 1. The number of aromatic nitrogens is 3. The van der Waals surface area contributed by atoms with E-state index >= 15 is 0 Å². The Morgan fingerprint density at radius 2 is 2.06 bits per heavy atom. The fourth-order valence-electron chi connectivity index (χ4n) is 2.30. The highest BCUT2D eigenvalue weighted by molar-refractivity contribution is 5.95. The smallest absolute Gasteiger partial charge is 0.200 e. The number of nitrogens with two attached hydrogens (primary N) is 1. The van der Waals surface area contributed by atoms with E-state index in [1.807, 2.05) is 36.9 Å². The minimum atomic E-state index is 0.544. The van der Waals surface area contributed by atoms with E-state index in [2.05, 4.69) is 22.1 Å². The van der Waals surface area contributed by atoms with Crippen LogP contribution in [0.25, 0.3) is 22.2 Å². The van der Waals surface area contributed by atoms with Gasteiger partial charge in [0.1, 0.15) is 0 Å². The summed E-state index contributed by atoms with van der Waals surface area (Å²) < 4.78 is 1.92. The van der Waals surface area contributed by atoms with Gasteiger partial charge in [0.05, 0.1) is 11.4 Å². The van der Waals surface area contributed by atoms with Crippen molar-refractivity contribution in [3.8, 4) is 11.3 Å². The van der Waals surface area contributed by atoms with Crippen LogP contribution in [0.3, 0.4) is 0 Å². The molecule has 86 valence electrons. The average molecular weight is 226 g/mol. The lowest BCUT2D eigenvalue weighted by atomic mass is 10.1. The van der Waals surface area contributed by atoms with Gasteiger partial charge < -0.3 is 15.3 Å². The largest absolute Gasteiger partial charge is 0.369 e. The molecule has 3 N–H and O–H groups in total. The second-order valence-corrected chi connectivity index (χ2v) is 4.21. The Labute approximate surface area is 99.1 Å². The van der Waals surface area contributed by atoms with E-state index in [9.17, 15) is 0 Å².